The summed E-state index contributed by atoms with van der Waals surface area (Å²) in [5.74, 6) is 1.81. The van der Waals surface area contributed by atoms with E-state index in [0.717, 1.165) is 0 Å². The summed E-state index contributed by atoms with van der Waals surface area (Å²) in [5.41, 5.74) is 0.409. The molecule has 8 heteroatoms. The highest BCUT2D eigenvalue weighted by molar-refractivity contribution is 7.92. The summed E-state index contributed by atoms with van der Waals surface area (Å²) < 4.78 is 39.3. The summed E-state index contributed by atoms with van der Waals surface area (Å²) in [6.45, 7) is 6.22. The number of amides is 1. The van der Waals surface area contributed by atoms with Crippen LogP contribution in [0.4, 0.5) is 5.69 Å². The van der Waals surface area contributed by atoms with Gasteiger partial charge < -0.3 is 14.8 Å². The molecule has 0 fully saturated rings. The highest BCUT2D eigenvalue weighted by Crippen LogP contribution is 2.24. The maximum atomic E-state index is 12.7. The Morgan fingerprint density at radius 1 is 0.818 bits per heavy atom. The lowest BCUT2D eigenvalue weighted by atomic mass is 10.2. The minimum atomic E-state index is -3.79. The summed E-state index contributed by atoms with van der Waals surface area (Å²) in [5, 5.41) is 2.80. The summed E-state index contributed by atoms with van der Waals surface area (Å²) >= 11 is 0. The van der Waals surface area contributed by atoms with Crippen molar-refractivity contribution in [2.75, 3.05) is 11.3 Å². The molecule has 33 heavy (non-hydrogen) atoms. The molecule has 0 heterocycles. The molecule has 2 N–H and O–H groups in total. The molecule has 1 amide bonds. The van der Waals surface area contributed by atoms with Crippen LogP contribution < -0.4 is 19.5 Å². The van der Waals surface area contributed by atoms with Crippen LogP contribution in [0.1, 0.15) is 20.8 Å². The Hall–Kier alpha value is -3.52. The molecule has 3 aromatic rings. The molecule has 174 valence electrons. The van der Waals surface area contributed by atoms with E-state index in [0.29, 0.717) is 35.4 Å². The van der Waals surface area contributed by atoms with Gasteiger partial charge in [0.05, 0.1) is 4.90 Å². The van der Waals surface area contributed by atoms with Crippen LogP contribution in [0.15, 0.2) is 83.8 Å². The predicted molar refractivity (Wildman–Crippen MR) is 128 cm³/mol. The zero-order valence-electron chi connectivity index (χ0n) is 18.8. The van der Waals surface area contributed by atoms with E-state index in [4.69, 9.17) is 9.47 Å². The molecule has 0 spiro atoms. The minimum absolute atomic E-state index is 0.0800. The number of rotatable bonds is 10. The fourth-order valence-corrected chi connectivity index (χ4v) is 3.89. The van der Waals surface area contributed by atoms with Gasteiger partial charge in [-0.2, -0.15) is 0 Å². The number of carbonyl (C=O) groups excluding carboxylic acids is 1. The van der Waals surface area contributed by atoms with E-state index in [1.54, 1.807) is 31.2 Å². The molecule has 0 aliphatic carbocycles. The molecule has 3 aromatic carbocycles. The van der Waals surface area contributed by atoms with Crippen molar-refractivity contribution in [3.63, 3.8) is 0 Å². The van der Waals surface area contributed by atoms with Gasteiger partial charge in [0.25, 0.3) is 15.9 Å². The highest BCUT2D eigenvalue weighted by atomic mass is 32.2. The average Bonchev–Trinajstić information content (AvgIpc) is 2.79. The van der Waals surface area contributed by atoms with Crippen LogP contribution in [-0.2, 0) is 14.8 Å². The number of carbonyl (C=O) groups is 1. The zero-order chi connectivity index (χ0) is 23.8. The summed E-state index contributed by atoms with van der Waals surface area (Å²) in [6, 6.07) is 21.9. The van der Waals surface area contributed by atoms with Crippen molar-refractivity contribution in [2.45, 2.75) is 31.8 Å². The summed E-state index contributed by atoms with van der Waals surface area (Å²) in [4.78, 5) is 12.1. The second-order valence-corrected chi connectivity index (χ2v) is 9.60. The van der Waals surface area contributed by atoms with Crippen LogP contribution in [0.5, 0.6) is 17.2 Å². The number of para-hydroxylation sites is 1. The van der Waals surface area contributed by atoms with Crippen LogP contribution in [0.2, 0.25) is 0 Å². The van der Waals surface area contributed by atoms with Crippen LogP contribution in [0.25, 0.3) is 0 Å². The molecule has 1 atom stereocenters. The van der Waals surface area contributed by atoms with Gasteiger partial charge in [-0.25, -0.2) is 8.42 Å². The van der Waals surface area contributed by atoms with E-state index in [-0.39, 0.29) is 10.8 Å². The van der Waals surface area contributed by atoms with Crippen molar-refractivity contribution >= 4 is 21.6 Å². The third-order valence-corrected chi connectivity index (χ3v) is 5.98. The third-order valence-electron chi connectivity index (χ3n) is 4.59. The van der Waals surface area contributed by atoms with E-state index in [9.17, 15) is 13.2 Å². The Morgan fingerprint density at radius 2 is 1.39 bits per heavy atom. The van der Waals surface area contributed by atoms with Crippen LogP contribution in [0, 0.1) is 5.92 Å². The average molecular weight is 469 g/mol. The van der Waals surface area contributed by atoms with E-state index >= 15 is 0 Å². The molecule has 0 saturated carbocycles. The van der Waals surface area contributed by atoms with Gasteiger partial charge >= 0.3 is 0 Å². The first kappa shape index (κ1) is 24.1. The van der Waals surface area contributed by atoms with Crippen molar-refractivity contribution < 1.29 is 22.7 Å². The number of benzene rings is 3. The van der Waals surface area contributed by atoms with Crippen molar-refractivity contribution in [1.82, 2.24) is 5.32 Å². The minimum Gasteiger partial charge on any atom is -0.481 e. The fraction of sp³-hybridized carbons (Fsp3) is 0.240. The normalized spacial score (nSPS) is 12.1. The van der Waals surface area contributed by atoms with Gasteiger partial charge in [0.1, 0.15) is 17.2 Å². The Bertz CT molecular complexity index is 1150. The largest absolute Gasteiger partial charge is 0.481 e. The summed E-state index contributed by atoms with van der Waals surface area (Å²) in [6.07, 6.45) is -0.694. The van der Waals surface area contributed by atoms with Crippen LogP contribution >= 0.6 is 0 Å². The SMILES string of the molecule is CC(C)CNC(=O)[C@@H](C)Oc1ccc(S(=O)(=O)Nc2ccc(Oc3ccccc3)cc2)cc1. The lowest BCUT2D eigenvalue weighted by Gasteiger charge is -2.16. The summed E-state index contributed by atoms with van der Waals surface area (Å²) in [7, 11) is -3.79. The Labute approximate surface area is 194 Å². The van der Waals surface area contributed by atoms with Crippen molar-refractivity contribution in [2.24, 2.45) is 5.92 Å². The van der Waals surface area contributed by atoms with Crippen LogP contribution in [0.3, 0.4) is 0 Å². The number of ether oxygens (including phenoxy) is 2. The van der Waals surface area contributed by atoms with E-state index in [1.165, 1.54) is 24.3 Å². The molecule has 7 nitrogen and oxygen atoms in total. The standard InChI is InChI=1S/C25H28N2O5S/c1-18(2)17-26-25(28)19(3)31-22-13-15-24(16-14-22)33(29,30)27-20-9-11-23(12-10-20)32-21-7-5-4-6-8-21/h4-16,18-19,27H,17H2,1-3H3,(H,26,28)/t19-/m1/s1. The number of hydrogen-bond acceptors (Lipinski definition) is 5. The van der Waals surface area contributed by atoms with Crippen molar-refractivity contribution in [3.05, 3.63) is 78.9 Å². The zero-order valence-corrected chi connectivity index (χ0v) is 19.6. The first-order chi connectivity index (χ1) is 15.7. The monoisotopic (exact) mass is 468 g/mol. The molecule has 0 saturated heterocycles. The Balaban J connectivity index is 1.59. The number of nitrogens with one attached hydrogen (secondary N) is 2. The molecule has 0 aliphatic heterocycles. The second kappa shape index (κ2) is 10.9. The molecule has 0 aromatic heterocycles. The molecule has 0 aliphatic rings. The van der Waals surface area contributed by atoms with Gasteiger partial charge in [0.15, 0.2) is 6.10 Å². The van der Waals surface area contributed by atoms with Gasteiger partial charge in [-0.3, -0.25) is 9.52 Å². The molecule has 3 rings (SSSR count). The lowest BCUT2D eigenvalue weighted by Crippen LogP contribution is -2.38. The molecular formula is C25H28N2O5S. The predicted octanol–water partition coefficient (Wildman–Crippen LogP) is 4.82. The highest BCUT2D eigenvalue weighted by Gasteiger charge is 2.17. The molecular weight excluding hydrogens is 440 g/mol. The number of anilines is 1. The van der Waals surface area contributed by atoms with Gasteiger partial charge in [0.2, 0.25) is 0 Å². The third kappa shape index (κ3) is 7.25. The van der Waals surface area contributed by atoms with Gasteiger partial charge in [-0.05, 0) is 73.5 Å². The second-order valence-electron chi connectivity index (χ2n) is 7.92. The van der Waals surface area contributed by atoms with Gasteiger partial charge in [-0.1, -0.05) is 32.0 Å². The van der Waals surface area contributed by atoms with E-state index in [1.807, 2.05) is 44.2 Å². The first-order valence-corrected chi connectivity index (χ1v) is 12.1. The molecule has 0 bridgehead atoms. The van der Waals surface area contributed by atoms with Crippen molar-refractivity contribution in [1.29, 1.82) is 0 Å². The Morgan fingerprint density at radius 3 is 2.00 bits per heavy atom. The topological polar surface area (TPSA) is 93.7 Å². The van der Waals surface area contributed by atoms with Gasteiger partial charge in [-0.15, -0.1) is 0 Å². The fourth-order valence-electron chi connectivity index (χ4n) is 2.83. The van der Waals surface area contributed by atoms with E-state index in [2.05, 4.69) is 10.0 Å². The first-order valence-electron chi connectivity index (χ1n) is 10.6. The smallest absolute Gasteiger partial charge is 0.261 e. The molecule has 0 radical (unpaired) electrons. The van der Waals surface area contributed by atoms with Gasteiger partial charge in [0, 0.05) is 12.2 Å². The Kier molecular flexibility index (Phi) is 7.95. The van der Waals surface area contributed by atoms with Crippen molar-refractivity contribution in [3.8, 4) is 17.2 Å². The maximum absolute atomic E-state index is 12.7. The quantitative estimate of drug-likeness (QED) is 0.445. The lowest BCUT2D eigenvalue weighted by molar-refractivity contribution is -0.127. The van der Waals surface area contributed by atoms with Crippen LogP contribution in [-0.4, -0.2) is 27.0 Å². The maximum Gasteiger partial charge on any atom is 0.261 e. The number of sulfonamides is 1. The number of hydrogen-bond donors (Lipinski definition) is 2. The molecule has 0 unspecified atom stereocenters. The van der Waals surface area contributed by atoms with E-state index < -0.39 is 16.1 Å².